The lowest BCUT2D eigenvalue weighted by molar-refractivity contribution is -0.118. The van der Waals surface area contributed by atoms with Gasteiger partial charge >= 0.3 is 0 Å². The van der Waals surface area contributed by atoms with Gasteiger partial charge in [-0.2, -0.15) is 0 Å². The second kappa shape index (κ2) is 6.06. The molecule has 0 radical (unpaired) electrons. The van der Waals surface area contributed by atoms with Crippen molar-refractivity contribution in [1.82, 2.24) is 5.32 Å². The van der Waals surface area contributed by atoms with E-state index >= 15 is 0 Å². The molecule has 2 N–H and O–H groups in total. The van der Waals surface area contributed by atoms with Crippen LogP contribution >= 0.6 is 0 Å². The number of carbonyl (C=O) groups excluding carboxylic acids is 1. The summed E-state index contributed by atoms with van der Waals surface area (Å²) in [7, 11) is 0. The highest BCUT2D eigenvalue weighted by atomic mass is 16.5. The van der Waals surface area contributed by atoms with Crippen molar-refractivity contribution < 1.29 is 9.53 Å². The first-order chi connectivity index (χ1) is 10.1. The molecule has 1 saturated carbocycles. The molecule has 0 aromatic heterocycles. The predicted octanol–water partition coefficient (Wildman–Crippen LogP) is 3.25. The first-order valence-electron chi connectivity index (χ1n) is 7.96. The molecule has 1 aromatic rings. The van der Waals surface area contributed by atoms with Crippen molar-refractivity contribution in [2.75, 3.05) is 11.9 Å². The largest absolute Gasteiger partial charge is 0.482 e. The van der Waals surface area contributed by atoms with Crippen molar-refractivity contribution in [1.29, 1.82) is 0 Å². The molecule has 2 atom stereocenters. The molecule has 0 saturated heterocycles. The zero-order chi connectivity index (χ0) is 14.8. The summed E-state index contributed by atoms with van der Waals surface area (Å²) >= 11 is 0. The molecule has 3 rings (SSSR count). The van der Waals surface area contributed by atoms with Gasteiger partial charge in [0.15, 0.2) is 6.61 Å². The Kier molecular flexibility index (Phi) is 4.15. The van der Waals surface area contributed by atoms with Crippen LogP contribution in [0.1, 0.15) is 51.1 Å². The molecule has 1 aromatic carbocycles. The molecule has 114 valence electrons. The Hall–Kier alpha value is -1.55. The Morgan fingerprint density at radius 2 is 2.05 bits per heavy atom. The van der Waals surface area contributed by atoms with Crippen molar-refractivity contribution in [3.05, 3.63) is 23.8 Å². The van der Waals surface area contributed by atoms with E-state index in [1.54, 1.807) is 0 Å². The molecule has 1 amide bonds. The SMILES string of the molecule is CC(N[C@H](C)C1CCCC1)c1ccc2c(c1)NC(=O)CO2. The molecule has 1 unspecified atom stereocenters. The standard InChI is InChI=1S/C17H24N2O2/c1-11(13-5-3-4-6-13)18-12(2)14-7-8-16-15(9-14)19-17(20)10-21-16/h7-9,11-13,18H,3-6,10H2,1-2H3,(H,19,20)/t11-,12?/m1/s1. The predicted molar refractivity (Wildman–Crippen MR) is 83.5 cm³/mol. The van der Waals surface area contributed by atoms with Crippen LogP contribution in [0.25, 0.3) is 0 Å². The van der Waals surface area contributed by atoms with Crippen molar-refractivity contribution in [2.24, 2.45) is 5.92 Å². The van der Waals surface area contributed by atoms with Gasteiger partial charge in [0, 0.05) is 12.1 Å². The third-order valence-corrected chi connectivity index (χ3v) is 4.76. The maximum absolute atomic E-state index is 11.4. The minimum atomic E-state index is -0.0837. The van der Waals surface area contributed by atoms with Crippen LogP contribution in [0.3, 0.4) is 0 Å². The molecule has 1 aliphatic heterocycles. The number of ether oxygens (including phenoxy) is 1. The highest BCUT2D eigenvalue weighted by molar-refractivity contribution is 5.95. The molecule has 1 heterocycles. The molecule has 1 fully saturated rings. The second-order valence-electron chi connectivity index (χ2n) is 6.31. The average Bonchev–Trinajstić information content (AvgIpc) is 3.00. The Balaban J connectivity index is 1.68. The van der Waals surface area contributed by atoms with Crippen LogP contribution in [0.15, 0.2) is 18.2 Å². The smallest absolute Gasteiger partial charge is 0.262 e. The number of benzene rings is 1. The average molecular weight is 288 g/mol. The number of amides is 1. The topological polar surface area (TPSA) is 50.4 Å². The van der Waals surface area contributed by atoms with E-state index < -0.39 is 0 Å². The number of hydrogen-bond acceptors (Lipinski definition) is 3. The molecule has 0 bridgehead atoms. The van der Waals surface area contributed by atoms with E-state index in [9.17, 15) is 4.79 Å². The Morgan fingerprint density at radius 1 is 1.29 bits per heavy atom. The van der Waals surface area contributed by atoms with E-state index in [2.05, 4.69) is 30.5 Å². The number of carbonyl (C=O) groups is 1. The molecule has 0 spiro atoms. The van der Waals surface area contributed by atoms with Crippen LogP contribution in [0.5, 0.6) is 5.75 Å². The summed E-state index contributed by atoms with van der Waals surface area (Å²) in [6.07, 6.45) is 5.42. The van der Waals surface area contributed by atoms with Crippen LogP contribution in [0.2, 0.25) is 0 Å². The first kappa shape index (κ1) is 14.4. The van der Waals surface area contributed by atoms with E-state index in [1.165, 1.54) is 31.2 Å². The van der Waals surface area contributed by atoms with E-state index in [-0.39, 0.29) is 18.6 Å². The zero-order valence-electron chi connectivity index (χ0n) is 12.8. The van der Waals surface area contributed by atoms with Crippen molar-refractivity contribution in [2.45, 2.75) is 51.6 Å². The van der Waals surface area contributed by atoms with E-state index in [0.717, 1.165) is 17.4 Å². The Bertz CT molecular complexity index is 524. The van der Waals surface area contributed by atoms with Gasteiger partial charge in [-0.25, -0.2) is 0 Å². The van der Waals surface area contributed by atoms with Crippen molar-refractivity contribution in [3.63, 3.8) is 0 Å². The van der Waals surface area contributed by atoms with Crippen LogP contribution in [0.4, 0.5) is 5.69 Å². The molecule has 4 nitrogen and oxygen atoms in total. The van der Waals surface area contributed by atoms with E-state index in [1.807, 2.05) is 12.1 Å². The highest BCUT2D eigenvalue weighted by Gasteiger charge is 2.23. The number of fused-ring (bicyclic) bond motifs is 1. The summed E-state index contributed by atoms with van der Waals surface area (Å²) < 4.78 is 5.40. The van der Waals surface area contributed by atoms with Gasteiger partial charge in [0.05, 0.1) is 5.69 Å². The van der Waals surface area contributed by atoms with E-state index in [4.69, 9.17) is 4.74 Å². The summed E-state index contributed by atoms with van der Waals surface area (Å²) in [5.41, 5.74) is 1.97. The Labute approximate surface area is 126 Å². The summed E-state index contributed by atoms with van der Waals surface area (Å²) in [5, 5.41) is 6.57. The van der Waals surface area contributed by atoms with Gasteiger partial charge in [0.2, 0.25) is 0 Å². The summed E-state index contributed by atoms with van der Waals surface area (Å²) in [6.45, 7) is 4.58. The van der Waals surface area contributed by atoms with Gasteiger partial charge in [0.1, 0.15) is 5.75 Å². The minimum absolute atomic E-state index is 0.0837. The highest BCUT2D eigenvalue weighted by Crippen LogP contribution is 2.32. The third kappa shape index (κ3) is 3.21. The third-order valence-electron chi connectivity index (χ3n) is 4.76. The lowest BCUT2D eigenvalue weighted by Gasteiger charge is -2.26. The lowest BCUT2D eigenvalue weighted by atomic mass is 9.97. The minimum Gasteiger partial charge on any atom is -0.482 e. The summed E-state index contributed by atoms with van der Waals surface area (Å²) in [4.78, 5) is 11.4. The zero-order valence-corrected chi connectivity index (χ0v) is 12.8. The number of rotatable bonds is 4. The molecular weight excluding hydrogens is 264 g/mol. The van der Waals surface area contributed by atoms with E-state index in [0.29, 0.717) is 6.04 Å². The first-order valence-corrected chi connectivity index (χ1v) is 7.96. The van der Waals surface area contributed by atoms with Crippen molar-refractivity contribution in [3.8, 4) is 5.75 Å². The molecule has 4 heteroatoms. The normalized spacial score (nSPS) is 21.3. The molecule has 2 aliphatic rings. The van der Waals surface area contributed by atoms with Crippen molar-refractivity contribution >= 4 is 11.6 Å². The Morgan fingerprint density at radius 3 is 2.81 bits per heavy atom. The van der Waals surface area contributed by atoms with Gasteiger partial charge in [-0.3, -0.25) is 4.79 Å². The van der Waals surface area contributed by atoms with Crippen LogP contribution in [-0.4, -0.2) is 18.6 Å². The fourth-order valence-corrected chi connectivity index (χ4v) is 3.45. The molecule has 21 heavy (non-hydrogen) atoms. The van der Waals surface area contributed by atoms with Gasteiger partial charge < -0.3 is 15.4 Å². The number of nitrogens with one attached hydrogen (secondary N) is 2. The number of anilines is 1. The maximum Gasteiger partial charge on any atom is 0.262 e. The maximum atomic E-state index is 11.4. The van der Waals surface area contributed by atoms with Crippen LogP contribution < -0.4 is 15.4 Å². The van der Waals surface area contributed by atoms with Gasteiger partial charge in [0.25, 0.3) is 5.91 Å². The summed E-state index contributed by atoms with van der Waals surface area (Å²) in [5.74, 6) is 1.47. The second-order valence-corrected chi connectivity index (χ2v) is 6.31. The fourth-order valence-electron chi connectivity index (χ4n) is 3.45. The van der Waals surface area contributed by atoms with Gasteiger partial charge in [-0.1, -0.05) is 18.9 Å². The van der Waals surface area contributed by atoms with Crippen LogP contribution in [0, 0.1) is 5.92 Å². The summed E-state index contributed by atoms with van der Waals surface area (Å²) in [6, 6.07) is 6.85. The monoisotopic (exact) mass is 288 g/mol. The fraction of sp³-hybridized carbons (Fsp3) is 0.588. The van der Waals surface area contributed by atoms with Gasteiger partial charge in [-0.05, 0) is 50.3 Å². The molecule has 1 aliphatic carbocycles. The van der Waals surface area contributed by atoms with Crippen LogP contribution in [-0.2, 0) is 4.79 Å². The number of hydrogen-bond donors (Lipinski definition) is 2. The molecular formula is C17H24N2O2. The van der Waals surface area contributed by atoms with Gasteiger partial charge in [-0.15, -0.1) is 0 Å². The lowest BCUT2D eigenvalue weighted by Crippen LogP contribution is -2.34. The quantitative estimate of drug-likeness (QED) is 0.894.